The quantitative estimate of drug-likeness (QED) is 0.861. The van der Waals surface area contributed by atoms with Gasteiger partial charge in [-0.1, -0.05) is 17.7 Å². The third-order valence-corrected chi connectivity index (χ3v) is 2.62. The number of benzene rings is 1. The van der Waals surface area contributed by atoms with Gasteiger partial charge in [-0.15, -0.1) is 0 Å². The molecule has 0 aliphatic carbocycles. The molecule has 0 aliphatic rings. The van der Waals surface area contributed by atoms with E-state index in [1.165, 1.54) is 0 Å². The zero-order chi connectivity index (χ0) is 13.1. The van der Waals surface area contributed by atoms with Crippen molar-refractivity contribution in [1.82, 2.24) is 9.97 Å². The summed E-state index contributed by atoms with van der Waals surface area (Å²) >= 11 is 5.90. The average molecular weight is 264 g/mol. The van der Waals surface area contributed by atoms with Crippen LogP contribution in [0.25, 0.3) is 0 Å². The molecule has 0 unspecified atom stereocenters. The van der Waals surface area contributed by atoms with E-state index >= 15 is 0 Å². The minimum absolute atomic E-state index is 0.414. The summed E-state index contributed by atoms with van der Waals surface area (Å²) in [6, 6.07) is 7.57. The molecule has 0 fully saturated rings. The maximum atomic E-state index is 5.90. The van der Waals surface area contributed by atoms with Gasteiger partial charge in [0.15, 0.2) is 0 Å². The molecule has 1 heterocycles. The number of aromatic nitrogens is 2. The SMILES string of the molecule is COc1ccc(C)cc1Nc1cc(Cl)nc(C)n1. The molecule has 2 aromatic rings. The smallest absolute Gasteiger partial charge is 0.142 e. The van der Waals surface area contributed by atoms with Gasteiger partial charge < -0.3 is 10.1 Å². The lowest BCUT2D eigenvalue weighted by Gasteiger charge is -2.11. The van der Waals surface area contributed by atoms with Gasteiger partial charge in [0.1, 0.15) is 22.5 Å². The fraction of sp³-hybridized carbons (Fsp3) is 0.231. The van der Waals surface area contributed by atoms with Crippen molar-refractivity contribution in [1.29, 1.82) is 0 Å². The van der Waals surface area contributed by atoms with E-state index in [1.807, 2.05) is 25.1 Å². The largest absolute Gasteiger partial charge is 0.495 e. The molecule has 0 atom stereocenters. The van der Waals surface area contributed by atoms with Crippen LogP contribution in [0.15, 0.2) is 24.3 Å². The van der Waals surface area contributed by atoms with Gasteiger partial charge >= 0.3 is 0 Å². The molecule has 1 aromatic heterocycles. The molecule has 0 aliphatic heterocycles. The molecule has 0 radical (unpaired) electrons. The first-order chi connectivity index (χ1) is 8.58. The minimum Gasteiger partial charge on any atom is -0.495 e. The minimum atomic E-state index is 0.414. The second kappa shape index (κ2) is 5.23. The Labute approximate surface area is 111 Å². The van der Waals surface area contributed by atoms with Gasteiger partial charge in [0.05, 0.1) is 12.8 Å². The van der Waals surface area contributed by atoms with Crippen LogP contribution in [0.2, 0.25) is 5.15 Å². The highest BCUT2D eigenvalue weighted by Crippen LogP contribution is 2.28. The molecule has 18 heavy (non-hydrogen) atoms. The normalized spacial score (nSPS) is 10.2. The monoisotopic (exact) mass is 263 g/mol. The van der Waals surface area contributed by atoms with Crippen molar-refractivity contribution in [2.45, 2.75) is 13.8 Å². The Bertz CT molecular complexity index is 552. The molecular weight excluding hydrogens is 250 g/mol. The molecule has 0 spiro atoms. The van der Waals surface area contributed by atoms with Crippen LogP contribution in [0, 0.1) is 13.8 Å². The molecule has 1 N–H and O–H groups in total. The number of methoxy groups -OCH3 is 1. The Hall–Kier alpha value is -1.81. The predicted octanol–water partition coefficient (Wildman–Crippen LogP) is 3.50. The van der Waals surface area contributed by atoms with E-state index in [9.17, 15) is 0 Å². The molecule has 0 saturated carbocycles. The fourth-order valence-electron chi connectivity index (χ4n) is 1.65. The molecule has 4 nitrogen and oxygen atoms in total. The Morgan fingerprint density at radius 1 is 1.17 bits per heavy atom. The summed E-state index contributed by atoms with van der Waals surface area (Å²) in [6.07, 6.45) is 0. The number of rotatable bonds is 3. The lowest BCUT2D eigenvalue weighted by molar-refractivity contribution is 0.416. The summed E-state index contributed by atoms with van der Waals surface area (Å²) in [7, 11) is 1.63. The summed E-state index contributed by atoms with van der Waals surface area (Å²) in [5, 5.41) is 3.60. The van der Waals surface area contributed by atoms with Crippen LogP contribution in [-0.4, -0.2) is 17.1 Å². The molecule has 0 bridgehead atoms. The van der Waals surface area contributed by atoms with Crippen molar-refractivity contribution in [3.05, 3.63) is 40.8 Å². The van der Waals surface area contributed by atoms with Gasteiger partial charge in [-0.2, -0.15) is 0 Å². The van der Waals surface area contributed by atoms with Gasteiger partial charge in [0.2, 0.25) is 0 Å². The molecule has 5 heteroatoms. The molecule has 94 valence electrons. The van der Waals surface area contributed by atoms with Crippen LogP contribution < -0.4 is 10.1 Å². The third-order valence-electron chi connectivity index (χ3n) is 2.42. The van der Waals surface area contributed by atoms with Crippen molar-refractivity contribution < 1.29 is 4.74 Å². The van der Waals surface area contributed by atoms with Crippen LogP contribution in [0.3, 0.4) is 0 Å². The number of nitrogens with zero attached hydrogens (tertiary/aromatic N) is 2. The number of halogens is 1. The van der Waals surface area contributed by atoms with Crippen molar-refractivity contribution in [3.8, 4) is 5.75 Å². The van der Waals surface area contributed by atoms with Crippen LogP contribution in [0.5, 0.6) is 5.75 Å². The first-order valence-electron chi connectivity index (χ1n) is 5.51. The van der Waals surface area contributed by atoms with Crippen molar-refractivity contribution in [3.63, 3.8) is 0 Å². The summed E-state index contributed by atoms with van der Waals surface area (Å²) in [5.41, 5.74) is 1.99. The van der Waals surface area contributed by atoms with E-state index < -0.39 is 0 Å². The first-order valence-corrected chi connectivity index (χ1v) is 5.89. The van der Waals surface area contributed by atoms with E-state index in [1.54, 1.807) is 20.1 Å². The third kappa shape index (κ3) is 2.90. The molecule has 0 saturated heterocycles. The molecule has 0 amide bonds. The zero-order valence-electron chi connectivity index (χ0n) is 10.5. The van der Waals surface area contributed by atoms with Crippen molar-refractivity contribution in [2.75, 3.05) is 12.4 Å². The number of anilines is 2. The first kappa shape index (κ1) is 12.6. The van der Waals surface area contributed by atoms with E-state index in [0.29, 0.717) is 16.8 Å². The maximum absolute atomic E-state index is 5.90. The second-order valence-electron chi connectivity index (χ2n) is 3.95. The predicted molar refractivity (Wildman–Crippen MR) is 72.8 cm³/mol. The summed E-state index contributed by atoms with van der Waals surface area (Å²) < 4.78 is 5.29. The summed E-state index contributed by atoms with van der Waals surface area (Å²) in [4.78, 5) is 8.29. The number of hydrogen-bond acceptors (Lipinski definition) is 4. The Balaban J connectivity index is 2.35. The fourth-order valence-corrected chi connectivity index (χ4v) is 1.88. The number of aryl methyl sites for hydroxylation is 2. The average Bonchev–Trinajstić information content (AvgIpc) is 2.27. The van der Waals surface area contributed by atoms with Crippen LogP contribution >= 0.6 is 11.6 Å². The van der Waals surface area contributed by atoms with Crippen molar-refractivity contribution >= 4 is 23.1 Å². The van der Waals surface area contributed by atoms with Gasteiger partial charge in [-0.05, 0) is 31.5 Å². The van der Waals surface area contributed by atoms with Gasteiger partial charge in [-0.3, -0.25) is 0 Å². The van der Waals surface area contributed by atoms with Gasteiger partial charge in [0, 0.05) is 6.07 Å². The number of nitrogens with one attached hydrogen (secondary N) is 1. The highest BCUT2D eigenvalue weighted by Gasteiger charge is 2.06. The summed E-state index contributed by atoms with van der Waals surface area (Å²) in [5.74, 6) is 2.03. The summed E-state index contributed by atoms with van der Waals surface area (Å²) in [6.45, 7) is 3.81. The van der Waals surface area contributed by atoms with E-state index in [4.69, 9.17) is 16.3 Å². The Morgan fingerprint density at radius 3 is 2.61 bits per heavy atom. The Morgan fingerprint density at radius 2 is 1.94 bits per heavy atom. The molecule has 2 rings (SSSR count). The van der Waals surface area contributed by atoms with Crippen LogP contribution in [-0.2, 0) is 0 Å². The van der Waals surface area contributed by atoms with Gasteiger partial charge in [-0.25, -0.2) is 9.97 Å². The van der Waals surface area contributed by atoms with E-state index in [-0.39, 0.29) is 0 Å². The van der Waals surface area contributed by atoms with Crippen LogP contribution in [0.4, 0.5) is 11.5 Å². The second-order valence-corrected chi connectivity index (χ2v) is 4.34. The Kier molecular flexibility index (Phi) is 3.67. The highest BCUT2D eigenvalue weighted by atomic mass is 35.5. The zero-order valence-corrected chi connectivity index (χ0v) is 11.2. The number of hydrogen-bond donors (Lipinski definition) is 1. The molecular formula is C13H14ClN3O. The van der Waals surface area contributed by atoms with Crippen molar-refractivity contribution in [2.24, 2.45) is 0 Å². The lowest BCUT2D eigenvalue weighted by atomic mass is 10.2. The highest BCUT2D eigenvalue weighted by molar-refractivity contribution is 6.29. The van der Waals surface area contributed by atoms with E-state index in [0.717, 1.165) is 17.0 Å². The maximum Gasteiger partial charge on any atom is 0.142 e. The van der Waals surface area contributed by atoms with Crippen LogP contribution in [0.1, 0.15) is 11.4 Å². The standard InChI is InChI=1S/C13H14ClN3O/c1-8-4-5-11(18-3)10(6-8)17-13-7-12(14)15-9(2)16-13/h4-7H,1-3H3,(H,15,16,17). The topological polar surface area (TPSA) is 47.0 Å². The van der Waals surface area contributed by atoms with E-state index in [2.05, 4.69) is 15.3 Å². The van der Waals surface area contributed by atoms with Gasteiger partial charge in [0.25, 0.3) is 0 Å². The number of ether oxygens (including phenoxy) is 1. The lowest BCUT2D eigenvalue weighted by Crippen LogP contribution is -1.99. The molecule has 1 aromatic carbocycles.